The second kappa shape index (κ2) is 4.55. The van der Waals surface area contributed by atoms with Gasteiger partial charge in [-0.1, -0.05) is 0 Å². The third-order valence-electron chi connectivity index (χ3n) is 1.65. The van der Waals surface area contributed by atoms with Crippen LogP contribution in [0.5, 0.6) is 0 Å². The Morgan fingerprint density at radius 1 is 1.33 bits per heavy atom. The normalized spacial score (nSPS) is 10.3. The van der Waals surface area contributed by atoms with Crippen molar-refractivity contribution in [2.45, 2.75) is 17.0 Å². The topological polar surface area (TPSA) is 51.6 Å². The zero-order valence-electron chi connectivity index (χ0n) is 7.88. The van der Waals surface area contributed by atoms with Gasteiger partial charge in [0, 0.05) is 18.0 Å². The predicted octanol–water partition coefficient (Wildman–Crippen LogP) is 2.38. The quantitative estimate of drug-likeness (QED) is 0.594. The molecule has 15 heavy (non-hydrogen) atoms. The van der Waals surface area contributed by atoms with Gasteiger partial charge in [0.2, 0.25) is 5.28 Å². The highest BCUT2D eigenvalue weighted by atomic mass is 35.5. The van der Waals surface area contributed by atoms with E-state index >= 15 is 0 Å². The molecule has 0 fully saturated rings. The van der Waals surface area contributed by atoms with Crippen LogP contribution in [0.25, 0.3) is 0 Å². The van der Waals surface area contributed by atoms with Crippen molar-refractivity contribution in [3.63, 3.8) is 0 Å². The van der Waals surface area contributed by atoms with Gasteiger partial charge in [0.25, 0.3) is 0 Å². The smallest absolute Gasteiger partial charge is 0.223 e. The van der Waals surface area contributed by atoms with Crippen LogP contribution < -0.4 is 0 Å². The molecule has 0 aliphatic carbocycles. The minimum absolute atomic E-state index is 0.247. The van der Waals surface area contributed by atoms with Crippen molar-refractivity contribution in [2.75, 3.05) is 0 Å². The molecule has 0 atom stereocenters. The molecular weight excluding hydrogens is 232 g/mol. The van der Waals surface area contributed by atoms with Gasteiger partial charge in [-0.15, -0.1) is 0 Å². The fraction of sp³-hybridized carbons (Fsp3) is 0.111. The molecular formula is C9H7ClN4S. The van der Waals surface area contributed by atoms with Gasteiger partial charge < -0.3 is 0 Å². The lowest BCUT2D eigenvalue weighted by Gasteiger charge is -2.02. The van der Waals surface area contributed by atoms with Gasteiger partial charge in [-0.05, 0) is 36.4 Å². The summed E-state index contributed by atoms with van der Waals surface area (Å²) in [6, 6.07) is 1.82. The van der Waals surface area contributed by atoms with Crippen LogP contribution in [0, 0.1) is 6.92 Å². The fourth-order valence-corrected chi connectivity index (χ4v) is 1.90. The monoisotopic (exact) mass is 238 g/mol. The molecule has 0 amide bonds. The maximum Gasteiger partial charge on any atom is 0.223 e. The summed E-state index contributed by atoms with van der Waals surface area (Å²) in [5.41, 5.74) is 0.975. The highest BCUT2D eigenvalue weighted by molar-refractivity contribution is 7.99. The average molecular weight is 239 g/mol. The van der Waals surface area contributed by atoms with E-state index < -0.39 is 0 Å². The summed E-state index contributed by atoms with van der Waals surface area (Å²) in [6.45, 7) is 1.93. The Morgan fingerprint density at radius 2 is 2.20 bits per heavy atom. The van der Waals surface area contributed by atoms with Crippen LogP contribution in [0.15, 0.2) is 34.8 Å². The Balaban J connectivity index is 2.28. The van der Waals surface area contributed by atoms with Crippen molar-refractivity contribution in [2.24, 2.45) is 0 Å². The van der Waals surface area contributed by atoms with E-state index in [0.29, 0.717) is 0 Å². The van der Waals surface area contributed by atoms with Crippen molar-refractivity contribution < 1.29 is 0 Å². The largest absolute Gasteiger partial charge is 0.245 e. The molecule has 0 spiro atoms. The van der Waals surface area contributed by atoms with Crippen LogP contribution in [0.3, 0.4) is 0 Å². The molecule has 0 bridgehead atoms. The van der Waals surface area contributed by atoms with E-state index in [-0.39, 0.29) is 5.28 Å². The first kappa shape index (κ1) is 10.3. The van der Waals surface area contributed by atoms with Crippen LogP contribution in [-0.2, 0) is 0 Å². The lowest BCUT2D eigenvalue weighted by Crippen LogP contribution is -1.90. The third-order valence-corrected chi connectivity index (χ3v) is 2.89. The Hall–Kier alpha value is -1.20. The van der Waals surface area contributed by atoms with Gasteiger partial charge in [-0.3, -0.25) is 0 Å². The van der Waals surface area contributed by atoms with Gasteiger partial charge in [-0.25, -0.2) is 19.9 Å². The number of halogens is 1. The summed E-state index contributed by atoms with van der Waals surface area (Å²) >= 11 is 7.16. The summed E-state index contributed by atoms with van der Waals surface area (Å²) in [5.74, 6) is 0. The Kier molecular flexibility index (Phi) is 3.13. The molecule has 2 aromatic rings. The first-order valence-electron chi connectivity index (χ1n) is 4.19. The molecule has 0 radical (unpaired) electrons. The Bertz CT molecular complexity index is 463. The lowest BCUT2D eigenvalue weighted by molar-refractivity contribution is 0.989. The van der Waals surface area contributed by atoms with Gasteiger partial charge in [-0.2, -0.15) is 0 Å². The van der Waals surface area contributed by atoms with E-state index in [1.807, 2.05) is 13.0 Å². The van der Waals surface area contributed by atoms with Crippen LogP contribution in [0.2, 0.25) is 5.28 Å². The van der Waals surface area contributed by atoms with E-state index in [0.717, 1.165) is 15.6 Å². The van der Waals surface area contributed by atoms with E-state index in [2.05, 4.69) is 19.9 Å². The maximum absolute atomic E-state index is 5.71. The molecule has 0 saturated heterocycles. The minimum Gasteiger partial charge on any atom is -0.245 e. The van der Waals surface area contributed by atoms with E-state index in [9.17, 15) is 0 Å². The predicted molar refractivity (Wildman–Crippen MR) is 57.9 cm³/mol. The molecule has 0 saturated carbocycles. The maximum atomic E-state index is 5.71. The summed E-state index contributed by atoms with van der Waals surface area (Å²) in [4.78, 5) is 16.0. The van der Waals surface area contributed by atoms with Crippen molar-refractivity contribution in [3.05, 3.63) is 35.6 Å². The molecule has 2 rings (SSSR count). The molecule has 2 aromatic heterocycles. The number of rotatable bonds is 2. The zero-order valence-corrected chi connectivity index (χ0v) is 9.46. The number of hydrogen-bond acceptors (Lipinski definition) is 5. The van der Waals surface area contributed by atoms with E-state index in [1.165, 1.54) is 18.1 Å². The van der Waals surface area contributed by atoms with Crippen LogP contribution >= 0.6 is 23.4 Å². The molecule has 0 aliphatic heterocycles. The second-order valence-corrected chi connectivity index (χ2v) is 4.12. The van der Waals surface area contributed by atoms with Crippen LogP contribution in [0.4, 0.5) is 0 Å². The van der Waals surface area contributed by atoms with Gasteiger partial charge in [0.05, 0.1) is 0 Å². The third kappa shape index (κ3) is 2.64. The standard InChI is InChI=1S/C9H7ClN4S/c1-6-4-12-9(10)14-8(6)15-7-2-3-11-5-13-7/h2-5H,1H3. The summed E-state index contributed by atoms with van der Waals surface area (Å²) in [5, 5.41) is 1.90. The van der Waals surface area contributed by atoms with E-state index in [1.54, 1.807) is 12.4 Å². The first-order valence-corrected chi connectivity index (χ1v) is 5.38. The number of nitrogens with zero attached hydrogens (tertiary/aromatic N) is 4. The summed E-state index contributed by atoms with van der Waals surface area (Å²) in [7, 11) is 0. The van der Waals surface area contributed by atoms with Crippen molar-refractivity contribution in [1.82, 2.24) is 19.9 Å². The van der Waals surface area contributed by atoms with E-state index in [4.69, 9.17) is 11.6 Å². The minimum atomic E-state index is 0.247. The second-order valence-electron chi connectivity index (χ2n) is 2.78. The molecule has 4 nitrogen and oxygen atoms in total. The van der Waals surface area contributed by atoms with Crippen molar-refractivity contribution >= 4 is 23.4 Å². The van der Waals surface area contributed by atoms with Crippen LogP contribution in [-0.4, -0.2) is 19.9 Å². The lowest BCUT2D eigenvalue weighted by atomic mass is 10.4. The number of aromatic nitrogens is 4. The average Bonchev–Trinajstić information content (AvgIpc) is 2.25. The molecule has 0 aromatic carbocycles. The highest BCUT2D eigenvalue weighted by Crippen LogP contribution is 2.26. The Labute approximate surface area is 96.2 Å². The molecule has 6 heteroatoms. The molecule has 0 aliphatic rings. The van der Waals surface area contributed by atoms with Gasteiger partial charge in [0.1, 0.15) is 16.4 Å². The summed E-state index contributed by atoms with van der Waals surface area (Å²) in [6.07, 6.45) is 4.88. The number of aryl methyl sites for hydroxylation is 1. The van der Waals surface area contributed by atoms with Crippen molar-refractivity contribution in [1.29, 1.82) is 0 Å². The fourth-order valence-electron chi connectivity index (χ4n) is 0.947. The first-order chi connectivity index (χ1) is 7.25. The van der Waals surface area contributed by atoms with Crippen molar-refractivity contribution in [3.8, 4) is 0 Å². The number of hydrogen-bond donors (Lipinski definition) is 0. The molecule has 2 heterocycles. The zero-order chi connectivity index (χ0) is 10.7. The van der Waals surface area contributed by atoms with Crippen LogP contribution in [0.1, 0.15) is 5.56 Å². The molecule has 0 unspecified atom stereocenters. The molecule has 0 N–H and O–H groups in total. The Morgan fingerprint density at radius 3 is 2.93 bits per heavy atom. The summed E-state index contributed by atoms with van der Waals surface area (Å²) < 4.78 is 0. The highest BCUT2D eigenvalue weighted by Gasteiger charge is 2.05. The van der Waals surface area contributed by atoms with Gasteiger partial charge in [0.15, 0.2) is 0 Å². The molecule has 76 valence electrons. The SMILES string of the molecule is Cc1cnc(Cl)nc1Sc1ccncn1. The van der Waals surface area contributed by atoms with Gasteiger partial charge >= 0.3 is 0 Å².